The number of benzene rings is 2. The van der Waals surface area contributed by atoms with E-state index in [1.54, 1.807) is 30.3 Å². The Bertz CT molecular complexity index is 809. The summed E-state index contributed by atoms with van der Waals surface area (Å²) in [5, 5.41) is 0. The van der Waals surface area contributed by atoms with Crippen LogP contribution in [0, 0.1) is 0 Å². The monoisotopic (exact) mass is 337 g/mol. The van der Waals surface area contributed by atoms with Gasteiger partial charge in [-0.3, -0.25) is 0 Å². The fourth-order valence-electron chi connectivity index (χ4n) is 1.66. The molecular weight excluding hydrogens is 330 g/mol. The number of hydrogen-bond acceptors (Lipinski definition) is 5. The Balaban J connectivity index is 1.98. The number of halogens is 1. The van der Waals surface area contributed by atoms with Crippen molar-refractivity contribution in [2.45, 2.75) is 0 Å². The van der Waals surface area contributed by atoms with E-state index in [0.29, 0.717) is 22.8 Å². The number of ether oxygens (including phenoxy) is 1. The van der Waals surface area contributed by atoms with Gasteiger partial charge in [0.05, 0.1) is 10.4 Å². The normalized spacial score (nSPS) is 10.8. The molecular formula is C13H8BrNO3S. The van der Waals surface area contributed by atoms with Crippen molar-refractivity contribution in [2.75, 3.05) is 5.73 Å². The highest BCUT2D eigenvalue weighted by Gasteiger charge is 2.06. The van der Waals surface area contributed by atoms with E-state index < -0.39 is 0 Å². The van der Waals surface area contributed by atoms with Gasteiger partial charge in [0.15, 0.2) is 5.58 Å². The number of fused-ring (bicyclic) bond motifs is 1. The maximum atomic E-state index is 11.1. The van der Waals surface area contributed by atoms with Crippen LogP contribution in [0.15, 0.2) is 50.1 Å². The van der Waals surface area contributed by atoms with Crippen LogP contribution < -0.4 is 15.4 Å². The third-order valence-corrected chi connectivity index (χ3v) is 3.80. The largest absolute Gasteiger partial charge is 0.455 e. The van der Waals surface area contributed by atoms with Crippen molar-refractivity contribution in [3.05, 3.63) is 50.6 Å². The first-order chi connectivity index (χ1) is 9.11. The summed E-state index contributed by atoms with van der Waals surface area (Å²) >= 11 is 4.40. The van der Waals surface area contributed by atoms with Gasteiger partial charge in [0.25, 0.3) is 0 Å². The third kappa shape index (κ3) is 2.50. The number of rotatable bonds is 2. The number of nitrogen functional groups attached to an aromatic ring is 1. The van der Waals surface area contributed by atoms with Crippen LogP contribution in [0.25, 0.3) is 10.3 Å². The van der Waals surface area contributed by atoms with Crippen molar-refractivity contribution in [1.29, 1.82) is 0 Å². The lowest BCUT2D eigenvalue weighted by molar-refractivity contribution is 0.483. The summed E-state index contributed by atoms with van der Waals surface area (Å²) in [7, 11) is 0. The average molecular weight is 338 g/mol. The van der Waals surface area contributed by atoms with E-state index in [9.17, 15) is 4.79 Å². The molecule has 0 amide bonds. The van der Waals surface area contributed by atoms with Crippen LogP contribution in [-0.4, -0.2) is 0 Å². The van der Waals surface area contributed by atoms with Crippen molar-refractivity contribution in [3.63, 3.8) is 0 Å². The van der Waals surface area contributed by atoms with E-state index in [1.807, 2.05) is 6.07 Å². The number of anilines is 1. The number of nitrogens with two attached hydrogens (primary N) is 1. The number of hydrogen-bond donors (Lipinski definition) is 1. The summed E-state index contributed by atoms with van der Waals surface area (Å²) in [6.07, 6.45) is 0. The molecule has 1 aromatic heterocycles. The molecule has 0 atom stereocenters. The maximum absolute atomic E-state index is 11.1. The molecule has 0 saturated heterocycles. The molecule has 0 fully saturated rings. The molecule has 2 N–H and O–H groups in total. The van der Waals surface area contributed by atoms with Crippen LogP contribution in [-0.2, 0) is 0 Å². The van der Waals surface area contributed by atoms with E-state index in [-0.39, 0.29) is 4.94 Å². The molecule has 4 nitrogen and oxygen atoms in total. The van der Waals surface area contributed by atoms with Crippen LogP contribution >= 0.6 is 27.3 Å². The van der Waals surface area contributed by atoms with Gasteiger partial charge >= 0.3 is 4.94 Å². The molecule has 19 heavy (non-hydrogen) atoms. The maximum Gasteiger partial charge on any atom is 0.396 e. The van der Waals surface area contributed by atoms with Gasteiger partial charge in [-0.15, -0.1) is 0 Å². The predicted octanol–water partition coefficient (Wildman–Crippen LogP) is 3.99. The molecule has 0 spiro atoms. The van der Waals surface area contributed by atoms with Gasteiger partial charge in [0.2, 0.25) is 0 Å². The van der Waals surface area contributed by atoms with Crippen molar-refractivity contribution >= 4 is 43.2 Å². The fourth-order valence-corrected chi connectivity index (χ4v) is 2.68. The Morgan fingerprint density at radius 2 is 2.05 bits per heavy atom. The van der Waals surface area contributed by atoms with Gasteiger partial charge in [0.1, 0.15) is 11.5 Å². The average Bonchev–Trinajstić information content (AvgIpc) is 2.72. The highest BCUT2D eigenvalue weighted by molar-refractivity contribution is 9.10. The van der Waals surface area contributed by atoms with Crippen LogP contribution in [0.5, 0.6) is 11.5 Å². The lowest BCUT2D eigenvalue weighted by Crippen LogP contribution is -1.91. The zero-order chi connectivity index (χ0) is 13.4. The first-order valence-corrected chi connectivity index (χ1v) is 6.99. The summed E-state index contributed by atoms with van der Waals surface area (Å²) in [6.45, 7) is 0. The molecule has 1 heterocycles. The smallest absolute Gasteiger partial charge is 0.396 e. The molecule has 0 bridgehead atoms. The molecule has 0 saturated carbocycles. The Morgan fingerprint density at radius 1 is 1.21 bits per heavy atom. The highest BCUT2D eigenvalue weighted by Crippen LogP contribution is 2.31. The topological polar surface area (TPSA) is 65.5 Å². The van der Waals surface area contributed by atoms with Crippen LogP contribution in [0.1, 0.15) is 0 Å². The first-order valence-electron chi connectivity index (χ1n) is 5.38. The molecule has 0 radical (unpaired) electrons. The van der Waals surface area contributed by atoms with Crippen LogP contribution in [0.4, 0.5) is 5.69 Å². The Kier molecular flexibility index (Phi) is 3.04. The summed E-state index contributed by atoms with van der Waals surface area (Å²) < 4.78 is 12.4. The summed E-state index contributed by atoms with van der Waals surface area (Å²) in [6, 6.07) is 10.6. The second-order valence-corrected chi connectivity index (χ2v) is 5.74. The minimum Gasteiger partial charge on any atom is -0.455 e. The van der Waals surface area contributed by atoms with E-state index in [0.717, 1.165) is 20.5 Å². The van der Waals surface area contributed by atoms with Gasteiger partial charge in [0, 0.05) is 10.5 Å². The minimum absolute atomic E-state index is 0.324. The molecule has 0 aliphatic rings. The second kappa shape index (κ2) is 4.71. The van der Waals surface area contributed by atoms with Crippen molar-refractivity contribution < 1.29 is 9.15 Å². The Labute approximate surface area is 120 Å². The zero-order valence-electron chi connectivity index (χ0n) is 9.55. The van der Waals surface area contributed by atoms with E-state index in [2.05, 4.69) is 15.9 Å². The highest BCUT2D eigenvalue weighted by atomic mass is 79.9. The molecule has 0 unspecified atom stereocenters. The van der Waals surface area contributed by atoms with Crippen molar-refractivity contribution in [2.24, 2.45) is 0 Å². The molecule has 96 valence electrons. The second-order valence-electron chi connectivity index (χ2n) is 3.85. The predicted molar refractivity (Wildman–Crippen MR) is 79.0 cm³/mol. The molecule has 0 aliphatic heterocycles. The minimum atomic E-state index is -0.324. The molecule has 6 heteroatoms. The van der Waals surface area contributed by atoms with Crippen molar-refractivity contribution in [3.8, 4) is 11.5 Å². The summed E-state index contributed by atoms with van der Waals surface area (Å²) in [5.41, 5.74) is 6.91. The fraction of sp³-hybridized carbons (Fsp3) is 0. The summed E-state index contributed by atoms with van der Waals surface area (Å²) in [4.78, 5) is 10.8. The van der Waals surface area contributed by atoms with Gasteiger partial charge < -0.3 is 14.9 Å². The van der Waals surface area contributed by atoms with E-state index in [1.165, 1.54) is 0 Å². The van der Waals surface area contributed by atoms with Crippen LogP contribution in [0.3, 0.4) is 0 Å². The molecule has 2 aromatic carbocycles. The third-order valence-electron chi connectivity index (χ3n) is 2.50. The lowest BCUT2D eigenvalue weighted by atomic mass is 10.3. The lowest BCUT2D eigenvalue weighted by Gasteiger charge is -2.08. The molecule has 0 aliphatic carbocycles. The Hall–Kier alpha value is -1.79. The molecule has 3 rings (SSSR count). The Morgan fingerprint density at radius 3 is 2.84 bits per heavy atom. The zero-order valence-corrected chi connectivity index (χ0v) is 12.0. The van der Waals surface area contributed by atoms with Gasteiger partial charge in [-0.25, -0.2) is 4.79 Å². The van der Waals surface area contributed by atoms with Gasteiger partial charge in [-0.1, -0.05) is 27.3 Å². The van der Waals surface area contributed by atoms with Crippen molar-refractivity contribution in [1.82, 2.24) is 0 Å². The van der Waals surface area contributed by atoms with E-state index >= 15 is 0 Å². The van der Waals surface area contributed by atoms with Crippen LogP contribution in [0.2, 0.25) is 0 Å². The van der Waals surface area contributed by atoms with Gasteiger partial charge in [-0.05, 0) is 30.3 Å². The van der Waals surface area contributed by atoms with Gasteiger partial charge in [-0.2, -0.15) is 0 Å². The van der Waals surface area contributed by atoms with E-state index in [4.69, 9.17) is 14.9 Å². The quantitative estimate of drug-likeness (QED) is 0.718. The summed E-state index contributed by atoms with van der Waals surface area (Å²) in [5.74, 6) is 1.13. The first kappa shape index (κ1) is 12.3. The standard InChI is InChI=1S/C13H8BrNO3S/c14-7-1-3-10(9(15)5-7)17-8-2-4-12-11(6-8)18-13(16)19-12/h1-6H,15H2. The molecule has 3 aromatic rings. The SMILES string of the molecule is Nc1cc(Br)ccc1Oc1ccc2sc(=O)oc2c1.